The van der Waals surface area contributed by atoms with Gasteiger partial charge in [0.15, 0.2) is 0 Å². The third-order valence-electron chi connectivity index (χ3n) is 2.97. The Balaban J connectivity index is 2.05. The van der Waals surface area contributed by atoms with E-state index in [1.54, 1.807) is 4.68 Å². The van der Waals surface area contributed by atoms with Gasteiger partial charge in [-0.25, -0.2) is 0 Å². The third kappa shape index (κ3) is 2.38. The molecule has 1 aromatic carbocycles. The molecule has 19 heavy (non-hydrogen) atoms. The van der Waals surface area contributed by atoms with Gasteiger partial charge in [0.2, 0.25) is 0 Å². The van der Waals surface area contributed by atoms with Gasteiger partial charge in [-0.3, -0.25) is 9.67 Å². The standard InChI is InChI=1S/C15H14N4/c1-11-6-7-16-14(8-11)12-4-3-5-13(9-12)15-10-19(2)18-17-15/h3-10H,1-2H3. The van der Waals surface area contributed by atoms with Crippen LogP contribution in [0.5, 0.6) is 0 Å². The van der Waals surface area contributed by atoms with Crippen molar-refractivity contribution in [3.8, 4) is 22.5 Å². The Hall–Kier alpha value is -2.49. The summed E-state index contributed by atoms with van der Waals surface area (Å²) < 4.78 is 1.70. The lowest BCUT2D eigenvalue weighted by molar-refractivity contribution is 0.715. The number of pyridine rings is 1. The Bertz CT molecular complexity index is 715. The molecule has 3 rings (SSSR count). The third-order valence-corrected chi connectivity index (χ3v) is 2.97. The van der Waals surface area contributed by atoms with Crippen LogP contribution in [0, 0.1) is 6.92 Å². The van der Waals surface area contributed by atoms with Crippen molar-refractivity contribution in [3.63, 3.8) is 0 Å². The van der Waals surface area contributed by atoms with Crippen LogP contribution in [-0.2, 0) is 7.05 Å². The second kappa shape index (κ2) is 4.65. The zero-order valence-electron chi connectivity index (χ0n) is 10.9. The lowest BCUT2D eigenvalue weighted by atomic mass is 10.0. The summed E-state index contributed by atoms with van der Waals surface area (Å²) in [6, 6.07) is 12.3. The fourth-order valence-corrected chi connectivity index (χ4v) is 2.01. The Morgan fingerprint density at radius 3 is 2.47 bits per heavy atom. The minimum absolute atomic E-state index is 0.872. The second-order valence-corrected chi connectivity index (χ2v) is 4.58. The van der Waals surface area contributed by atoms with Gasteiger partial charge < -0.3 is 0 Å². The molecule has 0 spiro atoms. The van der Waals surface area contributed by atoms with E-state index in [0.717, 1.165) is 22.5 Å². The van der Waals surface area contributed by atoms with Crippen molar-refractivity contribution in [3.05, 3.63) is 54.4 Å². The van der Waals surface area contributed by atoms with Gasteiger partial charge in [-0.15, -0.1) is 5.10 Å². The van der Waals surface area contributed by atoms with Crippen molar-refractivity contribution >= 4 is 0 Å². The molecule has 4 nitrogen and oxygen atoms in total. The van der Waals surface area contributed by atoms with Gasteiger partial charge in [-0.1, -0.05) is 23.4 Å². The van der Waals surface area contributed by atoms with E-state index in [2.05, 4.69) is 40.4 Å². The molecule has 0 unspecified atom stereocenters. The van der Waals surface area contributed by atoms with E-state index < -0.39 is 0 Å². The van der Waals surface area contributed by atoms with Crippen molar-refractivity contribution in [2.75, 3.05) is 0 Å². The van der Waals surface area contributed by atoms with Crippen LogP contribution in [0.15, 0.2) is 48.8 Å². The molecule has 3 aromatic rings. The maximum Gasteiger partial charge on any atom is 0.113 e. The van der Waals surface area contributed by atoms with Crippen LogP contribution in [0.2, 0.25) is 0 Å². The maximum absolute atomic E-state index is 4.41. The van der Waals surface area contributed by atoms with Gasteiger partial charge in [0.05, 0.1) is 11.9 Å². The summed E-state index contributed by atoms with van der Waals surface area (Å²) in [7, 11) is 1.86. The average molecular weight is 250 g/mol. The van der Waals surface area contributed by atoms with Gasteiger partial charge >= 0.3 is 0 Å². The first-order valence-electron chi connectivity index (χ1n) is 6.12. The molecular weight excluding hydrogens is 236 g/mol. The van der Waals surface area contributed by atoms with E-state index in [9.17, 15) is 0 Å². The van der Waals surface area contributed by atoms with Crippen LogP contribution in [0.4, 0.5) is 0 Å². The topological polar surface area (TPSA) is 43.6 Å². The van der Waals surface area contributed by atoms with Crippen molar-refractivity contribution < 1.29 is 0 Å². The molecule has 0 amide bonds. The minimum Gasteiger partial charge on any atom is -0.256 e. The molecule has 2 aromatic heterocycles. The summed E-state index contributed by atoms with van der Waals surface area (Å²) in [5.74, 6) is 0. The van der Waals surface area contributed by atoms with Crippen molar-refractivity contribution in [2.24, 2.45) is 7.05 Å². The van der Waals surface area contributed by atoms with Crippen LogP contribution in [0.3, 0.4) is 0 Å². The van der Waals surface area contributed by atoms with Gasteiger partial charge in [0.1, 0.15) is 5.69 Å². The highest BCUT2D eigenvalue weighted by Gasteiger charge is 2.05. The molecule has 0 saturated carbocycles. The highest BCUT2D eigenvalue weighted by Crippen LogP contribution is 2.24. The number of nitrogens with zero attached hydrogens (tertiary/aromatic N) is 4. The molecular formula is C15H14N4. The Labute approximate surface area is 111 Å². The van der Waals surface area contributed by atoms with Crippen molar-refractivity contribution in [2.45, 2.75) is 6.92 Å². The molecule has 2 heterocycles. The molecule has 0 fully saturated rings. The number of aromatic nitrogens is 4. The Kier molecular flexibility index (Phi) is 2.83. The predicted molar refractivity (Wildman–Crippen MR) is 74.4 cm³/mol. The molecule has 4 heteroatoms. The quantitative estimate of drug-likeness (QED) is 0.702. The lowest BCUT2D eigenvalue weighted by Crippen LogP contribution is -1.85. The van der Waals surface area contributed by atoms with E-state index in [-0.39, 0.29) is 0 Å². The van der Waals surface area contributed by atoms with Crippen LogP contribution < -0.4 is 0 Å². The minimum atomic E-state index is 0.872. The van der Waals surface area contributed by atoms with Crippen molar-refractivity contribution in [1.29, 1.82) is 0 Å². The van der Waals surface area contributed by atoms with Crippen LogP contribution >= 0.6 is 0 Å². The molecule has 0 aliphatic heterocycles. The summed E-state index contributed by atoms with van der Waals surface area (Å²) in [6.45, 7) is 2.07. The number of hydrogen-bond acceptors (Lipinski definition) is 3. The van der Waals surface area contributed by atoms with Crippen LogP contribution in [0.1, 0.15) is 5.56 Å². The normalized spacial score (nSPS) is 10.6. The molecule has 94 valence electrons. The van der Waals surface area contributed by atoms with E-state index in [1.807, 2.05) is 37.6 Å². The molecule has 0 bridgehead atoms. The van der Waals surface area contributed by atoms with Gasteiger partial charge in [0.25, 0.3) is 0 Å². The molecule has 0 N–H and O–H groups in total. The molecule has 0 atom stereocenters. The van der Waals surface area contributed by atoms with Gasteiger partial charge in [0, 0.05) is 24.4 Å². The lowest BCUT2D eigenvalue weighted by Gasteiger charge is -2.03. The Morgan fingerprint density at radius 2 is 1.79 bits per heavy atom. The number of hydrogen-bond donors (Lipinski definition) is 0. The number of aryl methyl sites for hydroxylation is 2. The van der Waals surface area contributed by atoms with E-state index in [1.165, 1.54) is 5.56 Å². The zero-order chi connectivity index (χ0) is 13.2. The molecule has 0 radical (unpaired) electrons. The molecule has 0 saturated heterocycles. The second-order valence-electron chi connectivity index (χ2n) is 4.58. The summed E-state index contributed by atoms with van der Waals surface area (Å²) in [6.07, 6.45) is 3.74. The average Bonchev–Trinajstić information content (AvgIpc) is 2.86. The largest absolute Gasteiger partial charge is 0.256 e. The fourth-order valence-electron chi connectivity index (χ4n) is 2.01. The first-order valence-corrected chi connectivity index (χ1v) is 6.12. The number of benzene rings is 1. The zero-order valence-corrected chi connectivity index (χ0v) is 10.9. The van der Waals surface area contributed by atoms with E-state index in [0.29, 0.717) is 0 Å². The molecule has 0 aliphatic rings. The summed E-state index contributed by atoms with van der Waals surface area (Å²) in [4.78, 5) is 4.41. The van der Waals surface area contributed by atoms with E-state index in [4.69, 9.17) is 0 Å². The van der Waals surface area contributed by atoms with Gasteiger partial charge in [-0.05, 0) is 30.7 Å². The predicted octanol–water partition coefficient (Wildman–Crippen LogP) is 2.85. The molecule has 0 aliphatic carbocycles. The Morgan fingerprint density at radius 1 is 1.00 bits per heavy atom. The van der Waals surface area contributed by atoms with Crippen molar-refractivity contribution in [1.82, 2.24) is 20.0 Å². The summed E-state index contributed by atoms with van der Waals surface area (Å²) >= 11 is 0. The van der Waals surface area contributed by atoms with Gasteiger partial charge in [-0.2, -0.15) is 0 Å². The fraction of sp³-hybridized carbons (Fsp3) is 0.133. The highest BCUT2D eigenvalue weighted by atomic mass is 15.4. The van der Waals surface area contributed by atoms with E-state index >= 15 is 0 Å². The maximum atomic E-state index is 4.41. The first kappa shape index (κ1) is 11.6. The summed E-state index contributed by atoms with van der Waals surface area (Å²) in [5.41, 5.74) is 5.19. The van der Waals surface area contributed by atoms with Crippen LogP contribution in [0.25, 0.3) is 22.5 Å². The number of rotatable bonds is 2. The van der Waals surface area contributed by atoms with Crippen LogP contribution in [-0.4, -0.2) is 20.0 Å². The highest BCUT2D eigenvalue weighted by molar-refractivity contribution is 5.69. The monoisotopic (exact) mass is 250 g/mol. The first-order chi connectivity index (χ1) is 9.22. The smallest absolute Gasteiger partial charge is 0.113 e. The summed E-state index contributed by atoms with van der Waals surface area (Å²) in [5, 5.41) is 8.09. The SMILES string of the molecule is Cc1ccnc(-c2cccc(-c3cn(C)nn3)c2)c1.